The summed E-state index contributed by atoms with van der Waals surface area (Å²) in [6, 6.07) is 3.07. The molecule has 0 bridgehead atoms. The molecule has 0 atom stereocenters. The standard InChI is InChI=1S/C14H20N2O4S/c1-9(17)16-13-11(10-5-3-4-6-10)7-8-12(14(13)18)21(19,20)15-2/h7-8,10,15,18H,3-6H2,1-2H3,(H,16,17). The molecule has 0 aliphatic heterocycles. The second-order valence-electron chi connectivity index (χ2n) is 5.25. The Morgan fingerprint density at radius 3 is 2.43 bits per heavy atom. The van der Waals surface area contributed by atoms with Crippen molar-refractivity contribution in [3.05, 3.63) is 17.7 Å². The smallest absolute Gasteiger partial charge is 0.244 e. The van der Waals surface area contributed by atoms with Crippen LogP contribution in [-0.4, -0.2) is 26.5 Å². The zero-order chi connectivity index (χ0) is 15.6. The molecule has 0 unspecified atom stereocenters. The van der Waals surface area contributed by atoms with E-state index in [9.17, 15) is 18.3 Å². The van der Waals surface area contributed by atoms with E-state index in [1.807, 2.05) is 0 Å². The molecule has 0 spiro atoms. The van der Waals surface area contributed by atoms with Gasteiger partial charge in [0.2, 0.25) is 15.9 Å². The Labute approximate surface area is 124 Å². The average molecular weight is 312 g/mol. The van der Waals surface area contributed by atoms with E-state index in [0.717, 1.165) is 31.2 Å². The Morgan fingerprint density at radius 2 is 1.90 bits per heavy atom. The maximum Gasteiger partial charge on any atom is 0.244 e. The van der Waals surface area contributed by atoms with Crippen LogP contribution >= 0.6 is 0 Å². The molecular formula is C14H20N2O4S. The van der Waals surface area contributed by atoms with Crippen molar-refractivity contribution in [3.63, 3.8) is 0 Å². The molecule has 7 heteroatoms. The van der Waals surface area contributed by atoms with E-state index < -0.39 is 15.8 Å². The fourth-order valence-corrected chi connectivity index (χ4v) is 3.62. The second kappa shape index (κ2) is 6.03. The lowest BCUT2D eigenvalue weighted by Crippen LogP contribution is -2.20. The van der Waals surface area contributed by atoms with Gasteiger partial charge in [0.05, 0.1) is 5.69 Å². The fourth-order valence-electron chi connectivity index (χ4n) is 2.80. The monoisotopic (exact) mass is 312 g/mol. The Morgan fingerprint density at radius 1 is 1.29 bits per heavy atom. The van der Waals surface area contributed by atoms with Crippen molar-refractivity contribution in [2.45, 2.75) is 43.4 Å². The molecule has 3 N–H and O–H groups in total. The van der Waals surface area contributed by atoms with Crippen molar-refractivity contribution < 1.29 is 18.3 Å². The van der Waals surface area contributed by atoms with E-state index >= 15 is 0 Å². The number of benzene rings is 1. The van der Waals surface area contributed by atoms with E-state index in [1.54, 1.807) is 6.07 Å². The summed E-state index contributed by atoms with van der Waals surface area (Å²) in [6.45, 7) is 1.33. The number of carbonyl (C=O) groups is 1. The Kier molecular flexibility index (Phi) is 4.53. The lowest BCUT2D eigenvalue weighted by Gasteiger charge is -2.19. The number of aromatic hydroxyl groups is 1. The number of rotatable bonds is 4. The van der Waals surface area contributed by atoms with Gasteiger partial charge in [-0.3, -0.25) is 4.79 Å². The summed E-state index contributed by atoms with van der Waals surface area (Å²) in [6.07, 6.45) is 4.15. The summed E-state index contributed by atoms with van der Waals surface area (Å²) in [7, 11) is -2.50. The third-order valence-corrected chi connectivity index (χ3v) is 5.27. The molecule has 1 aliphatic rings. The predicted octanol–water partition coefficient (Wildman–Crippen LogP) is 1.92. The van der Waals surface area contributed by atoms with Crippen LogP contribution in [0.25, 0.3) is 0 Å². The number of carbonyl (C=O) groups excluding carboxylic acids is 1. The molecule has 6 nitrogen and oxygen atoms in total. The van der Waals surface area contributed by atoms with E-state index in [2.05, 4.69) is 10.0 Å². The Hall–Kier alpha value is -1.60. The van der Waals surface area contributed by atoms with Crippen LogP contribution in [0.2, 0.25) is 0 Å². The summed E-state index contributed by atoms with van der Waals surface area (Å²) >= 11 is 0. The van der Waals surface area contributed by atoms with Gasteiger partial charge in [0.1, 0.15) is 4.90 Å². The summed E-state index contributed by atoms with van der Waals surface area (Å²) in [5, 5.41) is 12.9. The van der Waals surface area contributed by atoms with Crippen LogP contribution in [0.3, 0.4) is 0 Å². The van der Waals surface area contributed by atoms with Gasteiger partial charge in [-0.15, -0.1) is 0 Å². The highest BCUT2D eigenvalue weighted by Crippen LogP contribution is 2.43. The molecule has 0 heterocycles. The van der Waals surface area contributed by atoms with Crippen LogP contribution < -0.4 is 10.0 Å². The third kappa shape index (κ3) is 3.19. The lowest BCUT2D eigenvalue weighted by atomic mass is 9.95. The summed E-state index contributed by atoms with van der Waals surface area (Å²) in [5.74, 6) is -0.503. The highest BCUT2D eigenvalue weighted by molar-refractivity contribution is 7.89. The van der Waals surface area contributed by atoms with Crippen molar-refractivity contribution in [1.82, 2.24) is 4.72 Å². The predicted molar refractivity (Wildman–Crippen MR) is 79.9 cm³/mol. The SMILES string of the molecule is CNS(=O)(=O)c1ccc(C2CCCC2)c(NC(C)=O)c1O. The lowest BCUT2D eigenvalue weighted by molar-refractivity contribution is -0.114. The molecule has 0 aromatic heterocycles. The number of sulfonamides is 1. The molecule has 1 amide bonds. The zero-order valence-corrected chi connectivity index (χ0v) is 13.0. The van der Waals surface area contributed by atoms with Gasteiger partial charge in [0, 0.05) is 6.92 Å². The maximum absolute atomic E-state index is 11.9. The van der Waals surface area contributed by atoms with Crippen molar-refractivity contribution >= 4 is 21.6 Å². The van der Waals surface area contributed by atoms with Crippen LogP contribution in [0.5, 0.6) is 5.75 Å². The highest BCUT2D eigenvalue weighted by Gasteiger charge is 2.27. The van der Waals surface area contributed by atoms with Gasteiger partial charge in [-0.1, -0.05) is 18.9 Å². The Balaban J connectivity index is 2.57. The first-order chi connectivity index (χ1) is 9.86. The molecule has 0 radical (unpaired) electrons. The van der Waals surface area contributed by atoms with Crippen LogP contribution in [-0.2, 0) is 14.8 Å². The van der Waals surface area contributed by atoms with Crippen LogP contribution in [0.15, 0.2) is 17.0 Å². The van der Waals surface area contributed by atoms with Gasteiger partial charge in [0.25, 0.3) is 0 Å². The van der Waals surface area contributed by atoms with Crippen LogP contribution in [0, 0.1) is 0 Å². The number of nitrogens with one attached hydrogen (secondary N) is 2. The molecule has 21 heavy (non-hydrogen) atoms. The number of phenols is 1. The molecule has 1 aromatic carbocycles. The van der Waals surface area contributed by atoms with E-state index in [-0.39, 0.29) is 22.4 Å². The largest absolute Gasteiger partial charge is 0.504 e. The molecule has 1 aromatic rings. The minimum Gasteiger partial charge on any atom is -0.504 e. The second-order valence-corrected chi connectivity index (χ2v) is 7.10. The maximum atomic E-state index is 11.9. The summed E-state index contributed by atoms with van der Waals surface area (Å²) < 4.78 is 26.0. The zero-order valence-electron chi connectivity index (χ0n) is 12.1. The van der Waals surface area contributed by atoms with Gasteiger partial charge in [-0.05, 0) is 37.4 Å². The molecule has 0 saturated heterocycles. The molecular weight excluding hydrogens is 292 g/mol. The number of anilines is 1. The number of amides is 1. The quantitative estimate of drug-likeness (QED) is 0.740. The average Bonchev–Trinajstić information content (AvgIpc) is 2.94. The molecule has 116 valence electrons. The topological polar surface area (TPSA) is 95.5 Å². The van der Waals surface area contributed by atoms with Gasteiger partial charge in [-0.25, -0.2) is 13.1 Å². The van der Waals surface area contributed by atoms with Crippen molar-refractivity contribution in [3.8, 4) is 5.75 Å². The summed E-state index contributed by atoms with van der Waals surface area (Å²) in [4.78, 5) is 11.1. The molecule has 1 aliphatic carbocycles. The number of phenolic OH excluding ortho intramolecular Hbond substituents is 1. The van der Waals surface area contributed by atoms with E-state index in [1.165, 1.54) is 20.0 Å². The van der Waals surface area contributed by atoms with Crippen molar-refractivity contribution in [1.29, 1.82) is 0 Å². The number of hydrogen-bond donors (Lipinski definition) is 3. The first-order valence-electron chi connectivity index (χ1n) is 6.94. The van der Waals surface area contributed by atoms with Crippen LogP contribution in [0.1, 0.15) is 44.1 Å². The van der Waals surface area contributed by atoms with Crippen molar-refractivity contribution in [2.24, 2.45) is 0 Å². The van der Waals surface area contributed by atoms with Crippen molar-refractivity contribution in [2.75, 3.05) is 12.4 Å². The fraction of sp³-hybridized carbons (Fsp3) is 0.500. The first-order valence-corrected chi connectivity index (χ1v) is 8.42. The summed E-state index contributed by atoms with van der Waals surface area (Å²) in [5.41, 5.74) is 1.01. The highest BCUT2D eigenvalue weighted by atomic mass is 32.2. The number of hydrogen-bond acceptors (Lipinski definition) is 4. The third-order valence-electron chi connectivity index (χ3n) is 3.83. The van der Waals surface area contributed by atoms with Gasteiger partial charge < -0.3 is 10.4 Å². The van der Waals surface area contributed by atoms with Gasteiger partial charge in [0.15, 0.2) is 5.75 Å². The minimum atomic E-state index is -3.78. The van der Waals surface area contributed by atoms with E-state index in [0.29, 0.717) is 0 Å². The van der Waals surface area contributed by atoms with Gasteiger partial charge in [-0.2, -0.15) is 0 Å². The molecule has 2 rings (SSSR count). The normalized spacial score (nSPS) is 16.1. The van der Waals surface area contributed by atoms with Crippen LogP contribution in [0.4, 0.5) is 5.69 Å². The van der Waals surface area contributed by atoms with Gasteiger partial charge >= 0.3 is 0 Å². The van der Waals surface area contributed by atoms with E-state index in [4.69, 9.17) is 0 Å². The minimum absolute atomic E-state index is 0.214. The molecule has 1 saturated carbocycles. The Bertz CT molecular complexity index is 649. The molecule has 1 fully saturated rings. The first kappa shape index (κ1) is 15.8.